The Bertz CT molecular complexity index is 1110. The van der Waals surface area contributed by atoms with Gasteiger partial charge in [-0.25, -0.2) is 4.21 Å². The van der Waals surface area contributed by atoms with Crippen molar-refractivity contribution in [3.05, 3.63) is 96.2 Å². The van der Waals surface area contributed by atoms with E-state index in [1.54, 1.807) is 0 Å². The van der Waals surface area contributed by atoms with Gasteiger partial charge in [-0.15, -0.1) is 0 Å². The molecule has 148 valence electrons. The second-order valence-corrected chi connectivity index (χ2v) is 7.58. The molecule has 4 aromatic rings. The minimum atomic E-state index is -1.27. The predicted octanol–water partition coefficient (Wildman–Crippen LogP) is 4.80. The Labute approximate surface area is 171 Å². The van der Waals surface area contributed by atoms with Gasteiger partial charge in [-0.3, -0.25) is 8.77 Å². The van der Waals surface area contributed by atoms with Crippen molar-refractivity contribution in [2.75, 3.05) is 0 Å². The summed E-state index contributed by atoms with van der Waals surface area (Å²) in [4.78, 5) is 9.15. The lowest BCUT2D eigenvalue weighted by molar-refractivity contribution is -0.122. The van der Waals surface area contributed by atoms with Crippen molar-refractivity contribution in [1.29, 1.82) is 0 Å². The predicted molar refractivity (Wildman–Crippen MR) is 114 cm³/mol. The van der Waals surface area contributed by atoms with Gasteiger partial charge in [0.2, 0.25) is 0 Å². The van der Waals surface area contributed by atoms with E-state index in [0.717, 1.165) is 32.8 Å². The standard InChI is InChI=1S/C22H19NO2S.CH2O2/c1-17-14-19-15-20(25-16-18-8-4-2-5-9-18)12-13-22(19)23(17)26(24)21-10-6-3-7-11-21;2-1-3/h2-15H,16H2,1H3;1H,(H,2,3). The number of aromatic nitrogens is 1. The molecule has 1 aromatic heterocycles. The molecule has 0 saturated heterocycles. The monoisotopic (exact) mass is 407 g/mol. The number of hydrogen-bond acceptors (Lipinski definition) is 3. The van der Waals surface area contributed by atoms with Crippen molar-refractivity contribution >= 4 is 28.4 Å². The normalized spacial score (nSPS) is 11.3. The van der Waals surface area contributed by atoms with E-state index in [9.17, 15) is 4.21 Å². The number of ether oxygens (including phenoxy) is 1. The molecule has 0 radical (unpaired) electrons. The summed E-state index contributed by atoms with van der Waals surface area (Å²) in [5.74, 6) is 0.809. The van der Waals surface area contributed by atoms with Crippen LogP contribution in [-0.4, -0.2) is 19.8 Å². The molecule has 0 fully saturated rings. The number of hydrogen-bond donors (Lipinski definition) is 1. The summed E-state index contributed by atoms with van der Waals surface area (Å²) in [6.45, 7) is 2.26. The number of aryl methyl sites for hydroxylation is 1. The second kappa shape index (κ2) is 9.71. The van der Waals surface area contributed by atoms with E-state index in [-0.39, 0.29) is 6.47 Å². The van der Waals surface area contributed by atoms with Crippen LogP contribution in [0.3, 0.4) is 0 Å². The summed E-state index contributed by atoms with van der Waals surface area (Å²) < 4.78 is 20.8. The van der Waals surface area contributed by atoms with Gasteiger partial charge >= 0.3 is 0 Å². The van der Waals surface area contributed by atoms with Gasteiger partial charge in [0, 0.05) is 11.1 Å². The van der Waals surface area contributed by atoms with Crippen molar-refractivity contribution in [3.8, 4) is 5.75 Å². The average molecular weight is 407 g/mol. The van der Waals surface area contributed by atoms with Gasteiger partial charge in [0.05, 0.1) is 10.4 Å². The largest absolute Gasteiger partial charge is 0.489 e. The lowest BCUT2D eigenvalue weighted by Crippen LogP contribution is -2.06. The molecule has 0 aliphatic heterocycles. The average Bonchev–Trinajstić information content (AvgIpc) is 3.08. The lowest BCUT2D eigenvalue weighted by atomic mass is 10.2. The van der Waals surface area contributed by atoms with Crippen molar-refractivity contribution in [3.63, 3.8) is 0 Å². The van der Waals surface area contributed by atoms with Crippen LogP contribution in [0.5, 0.6) is 5.75 Å². The van der Waals surface area contributed by atoms with Crippen LogP contribution in [0.4, 0.5) is 0 Å². The van der Waals surface area contributed by atoms with E-state index in [4.69, 9.17) is 14.6 Å². The molecule has 3 aromatic carbocycles. The molecule has 1 atom stereocenters. The van der Waals surface area contributed by atoms with Crippen molar-refractivity contribution in [1.82, 2.24) is 3.97 Å². The summed E-state index contributed by atoms with van der Waals surface area (Å²) in [5, 5.41) is 7.91. The van der Waals surface area contributed by atoms with E-state index < -0.39 is 11.0 Å². The summed E-state index contributed by atoms with van der Waals surface area (Å²) >= 11 is 0. The summed E-state index contributed by atoms with van der Waals surface area (Å²) in [5.41, 5.74) is 3.03. The third-order valence-corrected chi connectivity index (χ3v) is 5.75. The first kappa shape index (κ1) is 20.4. The van der Waals surface area contributed by atoms with Crippen LogP contribution in [-0.2, 0) is 22.4 Å². The highest BCUT2D eigenvalue weighted by atomic mass is 32.2. The molecule has 4 rings (SSSR count). The Kier molecular flexibility index (Phi) is 6.81. The topological polar surface area (TPSA) is 68.5 Å². The van der Waals surface area contributed by atoms with Gasteiger partial charge in [0.15, 0.2) is 11.0 Å². The zero-order valence-electron chi connectivity index (χ0n) is 15.9. The highest BCUT2D eigenvalue weighted by Gasteiger charge is 2.13. The molecular weight excluding hydrogens is 386 g/mol. The number of carboxylic acid groups (broad SMARTS) is 1. The van der Waals surface area contributed by atoms with Crippen LogP contribution in [0.2, 0.25) is 0 Å². The van der Waals surface area contributed by atoms with E-state index in [0.29, 0.717) is 6.61 Å². The van der Waals surface area contributed by atoms with Crippen LogP contribution in [0.15, 0.2) is 89.8 Å². The molecule has 1 unspecified atom stereocenters. The molecule has 0 aliphatic rings. The van der Waals surface area contributed by atoms with E-state index in [2.05, 4.69) is 0 Å². The zero-order chi connectivity index (χ0) is 20.6. The molecule has 1 N–H and O–H groups in total. The maximum Gasteiger partial charge on any atom is 0.290 e. The Hall–Kier alpha value is -3.38. The van der Waals surface area contributed by atoms with Gasteiger partial charge in [-0.2, -0.15) is 0 Å². The fourth-order valence-electron chi connectivity index (χ4n) is 3.00. The second-order valence-electron chi connectivity index (χ2n) is 6.24. The third kappa shape index (κ3) is 4.92. The van der Waals surface area contributed by atoms with Gasteiger partial charge in [-0.1, -0.05) is 48.5 Å². The minimum Gasteiger partial charge on any atom is -0.489 e. The smallest absolute Gasteiger partial charge is 0.290 e. The number of rotatable bonds is 5. The molecule has 6 heteroatoms. The fraction of sp³-hybridized carbons (Fsp3) is 0.0870. The number of nitrogens with zero attached hydrogens (tertiary/aromatic N) is 1. The molecule has 29 heavy (non-hydrogen) atoms. The van der Waals surface area contributed by atoms with Crippen LogP contribution in [0.25, 0.3) is 10.9 Å². The van der Waals surface area contributed by atoms with Crippen molar-refractivity contribution in [2.24, 2.45) is 0 Å². The zero-order valence-corrected chi connectivity index (χ0v) is 16.7. The summed E-state index contributed by atoms with van der Waals surface area (Å²) in [6, 6.07) is 27.6. The highest BCUT2D eigenvalue weighted by Crippen LogP contribution is 2.27. The molecule has 1 heterocycles. The van der Waals surface area contributed by atoms with Gasteiger partial charge in [-0.05, 0) is 48.9 Å². The third-order valence-electron chi connectivity index (χ3n) is 4.26. The molecule has 0 spiro atoms. The van der Waals surface area contributed by atoms with Gasteiger partial charge in [0.1, 0.15) is 12.4 Å². The molecule has 0 amide bonds. The maximum atomic E-state index is 13.0. The van der Waals surface area contributed by atoms with Gasteiger partial charge < -0.3 is 9.84 Å². The molecule has 5 nitrogen and oxygen atoms in total. The first-order chi connectivity index (χ1) is 14.1. The quantitative estimate of drug-likeness (QED) is 0.483. The Morgan fingerprint density at radius 2 is 1.59 bits per heavy atom. The molecule has 0 saturated carbocycles. The van der Waals surface area contributed by atoms with E-state index in [1.807, 2.05) is 95.8 Å². The first-order valence-electron chi connectivity index (χ1n) is 8.98. The molecule has 0 bridgehead atoms. The van der Waals surface area contributed by atoms with Crippen LogP contribution >= 0.6 is 0 Å². The first-order valence-corrected chi connectivity index (χ1v) is 10.1. The SMILES string of the molecule is Cc1cc2cc(OCc3ccccc3)ccc2n1S(=O)c1ccccc1.O=CO. The van der Waals surface area contributed by atoms with E-state index >= 15 is 0 Å². The summed E-state index contributed by atoms with van der Waals surface area (Å²) in [7, 11) is -1.27. The number of benzene rings is 3. The Morgan fingerprint density at radius 3 is 2.24 bits per heavy atom. The van der Waals surface area contributed by atoms with Crippen LogP contribution in [0, 0.1) is 6.92 Å². The van der Waals surface area contributed by atoms with E-state index in [1.165, 1.54) is 0 Å². The van der Waals surface area contributed by atoms with Gasteiger partial charge in [0.25, 0.3) is 6.47 Å². The number of carbonyl (C=O) groups is 1. The number of fused-ring (bicyclic) bond motifs is 1. The fourth-order valence-corrected chi connectivity index (χ4v) is 4.26. The maximum absolute atomic E-state index is 13.0. The summed E-state index contributed by atoms with van der Waals surface area (Å²) in [6.07, 6.45) is 0. The van der Waals surface area contributed by atoms with Crippen molar-refractivity contribution in [2.45, 2.75) is 18.4 Å². The van der Waals surface area contributed by atoms with Crippen molar-refractivity contribution < 1.29 is 18.8 Å². The Balaban J connectivity index is 0.000000755. The minimum absolute atomic E-state index is 0.250. The lowest BCUT2D eigenvalue weighted by Gasteiger charge is -2.09. The highest BCUT2D eigenvalue weighted by molar-refractivity contribution is 7.83. The molecular formula is C23H21NO4S. The Morgan fingerprint density at radius 1 is 0.966 bits per heavy atom. The van der Waals surface area contributed by atoms with Crippen LogP contribution in [0.1, 0.15) is 11.3 Å². The molecule has 0 aliphatic carbocycles. The van der Waals surface area contributed by atoms with Crippen LogP contribution < -0.4 is 4.74 Å².